The quantitative estimate of drug-likeness (QED) is 0.879. The lowest BCUT2D eigenvalue weighted by Crippen LogP contribution is -2.31. The zero-order valence-electron chi connectivity index (χ0n) is 11.5. The molecule has 1 aromatic heterocycles. The number of hydrogen-bond donors (Lipinski definition) is 1. The highest BCUT2D eigenvalue weighted by molar-refractivity contribution is 7.90. The lowest BCUT2D eigenvalue weighted by atomic mass is 10.1. The van der Waals surface area contributed by atoms with Crippen LogP contribution in [-0.2, 0) is 16.6 Å². The fraction of sp³-hybridized carbons (Fsp3) is 0.692. The Kier molecular flexibility index (Phi) is 3.89. The highest BCUT2D eigenvalue weighted by Crippen LogP contribution is 2.27. The molecular weight excluding hydrogens is 276 g/mol. The Hall–Kier alpha value is -1.21. The largest absolute Gasteiger partial charge is 0.357 e. The van der Waals surface area contributed by atoms with Crippen LogP contribution in [0.4, 0.5) is 5.82 Å². The minimum Gasteiger partial charge on any atom is -0.357 e. The van der Waals surface area contributed by atoms with E-state index < -0.39 is 10.0 Å². The van der Waals surface area contributed by atoms with Crippen molar-refractivity contribution in [2.45, 2.75) is 43.9 Å². The smallest absolute Gasteiger partial charge is 0.214 e. The molecule has 110 valence electrons. The van der Waals surface area contributed by atoms with E-state index in [1.807, 2.05) is 6.07 Å². The zero-order valence-corrected chi connectivity index (χ0v) is 12.3. The third-order valence-electron chi connectivity index (χ3n) is 3.77. The predicted molar refractivity (Wildman–Crippen MR) is 76.9 cm³/mol. The van der Waals surface area contributed by atoms with Crippen molar-refractivity contribution in [1.82, 2.24) is 14.7 Å². The van der Waals surface area contributed by atoms with Crippen LogP contribution in [0.15, 0.2) is 12.3 Å². The van der Waals surface area contributed by atoms with Crippen molar-refractivity contribution in [3.63, 3.8) is 0 Å². The van der Waals surface area contributed by atoms with Gasteiger partial charge in [-0.05, 0) is 38.2 Å². The van der Waals surface area contributed by atoms with Crippen molar-refractivity contribution in [2.75, 3.05) is 18.0 Å². The van der Waals surface area contributed by atoms with Gasteiger partial charge < -0.3 is 4.90 Å². The molecule has 1 saturated heterocycles. The topological polar surface area (TPSA) is 75.2 Å². The van der Waals surface area contributed by atoms with Crippen LogP contribution in [-0.4, -0.2) is 36.7 Å². The number of aromatic nitrogens is 2. The lowest BCUT2D eigenvalue weighted by molar-refractivity contribution is 0.569. The lowest BCUT2D eigenvalue weighted by Gasteiger charge is -2.27. The van der Waals surface area contributed by atoms with E-state index in [1.54, 1.807) is 6.20 Å². The molecule has 2 fully saturated rings. The van der Waals surface area contributed by atoms with E-state index >= 15 is 0 Å². The fourth-order valence-corrected chi connectivity index (χ4v) is 3.76. The number of sulfonamides is 1. The number of piperidine rings is 1. The van der Waals surface area contributed by atoms with E-state index in [1.165, 1.54) is 19.3 Å². The molecular formula is C13H20N4O2S. The Labute approximate surface area is 119 Å². The Bertz CT molecular complexity index is 565. The number of hydrogen-bond acceptors (Lipinski definition) is 5. The summed E-state index contributed by atoms with van der Waals surface area (Å²) in [5, 5.41) is -0.201. The van der Waals surface area contributed by atoms with Gasteiger partial charge in [-0.1, -0.05) is 0 Å². The summed E-state index contributed by atoms with van der Waals surface area (Å²) in [5.41, 5.74) is 0. The summed E-state index contributed by atoms with van der Waals surface area (Å²) < 4.78 is 26.1. The van der Waals surface area contributed by atoms with Crippen LogP contribution in [0.3, 0.4) is 0 Å². The van der Waals surface area contributed by atoms with Gasteiger partial charge >= 0.3 is 0 Å². The van der Waals surface area contributed by atoms with Crippen molar-refractivity contribution in [3.8, 4) is 0 Å². The summed E-state index contributed by atoms with van der Waals surface area (Å²) in [4.78, 5) is 10.9. The zero-order chi connectivity index (χ0) is 14.0. The molecule has 0 bridgehead atoms. The Balaban J connectivity index is 1.64. The highest BCUT2D eigenvalue weighted by atomic mass is 32.2. The molecule has 0 unspecified atom stereocenters. The predicted octanol–water partition coefficient (Wildman–Crippen LogP) is 1.05. The minimum absolute atomic E-state index is 0.181. The molecule has 20 heavy (non-hydrogen) atoms. The summed E-state index contributed by atoms with van der Waals surface area (Å²) in [5.74, 6) is 1.44. The molecule has 1 aromatic rings. The van der Waals surface area contributed by atoms with Gasteiger partial charge in [-0.25, -0.2) is 23.1 Å². The fourth-order valence-electron chi connectivity index (χ4n) is 2.43. The van der Waals surface area contributed by atoms with Crippen molar-refractivity contribution >= 4 is 15.8 Å². The molecule has 6 nitrogen and oxygen atoms in total. The van der Waals surface area contributed by atoms with Gasteiger partial charge in [0.25, 0.3) is 0 Å². The normalized spacial score (nSPS) is 20.1. The first-order valence-electron chi connectivity index (χ1n) is 7.20. The van der Waals surface area contributed by atoms with Gasteiger partial charge in [0.2, 0.25) is 10.0 Å². The van der Waals surface area contributed by atoms with Crippen LogP contribution in [0.2, 0.25) is 0 Å². The maximum absolute atomic E-state index is 11.8. The van der Waals surface area contributed by atoms with Gasteiger partial charge in [-0.3, -0.25) is 0 Å². The monoisotopic (exact) mass is 296 g/mol. The average Bonchev–Trinajstić information content (AvgIpc) is 3.32. The van der Waals surface area contributed by atoms with E-state index in [4.69, 9.17) is 0 Å². The van der Waals surface area contributed by atoms with Gasteiger partial charge in [-0.2, -0.15) is 0 Å². The molecule has 0 spiro atoms. The van der Waals surface area contributed by atoms with Crippen LogP contribution < -0.4 is 9.62 Å². The van der Waals surface area contributed by atoms with Gasteiger partial charge in [0.1, 0.15) is 11.6 Å². The molecule has 0 aromatic carbocycles. The Morgan fingerprint density at radius 3 is 2.70 bits per heavy atom. The SMILES string of the molecule is O=S(=O)(NCc1nccc(N2CCCCC2)n1)C1CC1. The van der Waals surface area contributed by atoms with Crippen molar-refractivity contribution in [3.05, 3.63) is 18.1 Å². The summed E-state index contributed by atoms with van der Waals surface area (Å²) in [6, 6.07) is 1.89. The first kappa shape index (κ1) is 13.8. The molecule has 0 radical (unpaired) electrons. The van der Waals surface area contributed by atoms with Crippen LogP contribution in [0.5, 0.6) is 0 Å². The first-order valence-corrected chi connectivity index (χ1v) is 8.75. The molecule has 0 amide bonds. The third-order valence-corrected chi connectivity index (χ3v) is 5.66. The molecule has 1 saturated carbocycles. The molecule has 2 heterocycles. The summed E-state index contributed by atoms with van der Waals surface area (Å²) in [6.07, 6.45) is 6.89. The Morgan fingerprint density at radius 2 is 2.00 bits per heavy atom. The Morgan fingerprint density at radius 1 is 1.25 bits per heavy atom. The van der Waals surface area contributed by atoms with Crippen LogP contribution in [0, 0.1) is 0 Å². The average molecular weight is 296 g/mol. The van der Waals surface area contributed by atoms with Crippen LogP contribution >= 0.6 is 0 Å². The molecule has 1 aliphatic heterocycles. The molecule has 7 heteroatoms. The van der Waals surface area contributed by atoms with E-state index in [-0.39, 0.29) is 11.8 Å². The van der Waals surface area contributed by atoms with Crippen molar-refractivity contribution in [2.24, 2.45) is 0 Å². The number of rotatable bonds is 5. The second-order valence-corrected chi connectivity index (χ2v) is 7.49. The van der Waals surface area contributed by atoms with E-state index in [0.29, 0.717) is 5.82 Å². The highest BCUT2D eigenvalue weighted by Gasteiger charge is 2.35. The van der Waals surface area contributed by atoms with Gasteiger partial charge in [0.15, 0.2) is 0 Å². The summed E-state index contributed by atoms with van der Waals surface area (Å²) in [6.45, 7) is 2.22. The maximum Gasteiger partial charge on any atom is 0.214 e. The van der Waals surface area contributed by atoms with Gasteiger partial charge in [0.05, 0.1) is 11.8 Å². The molecule has 1 aliphatic carbocycles. The maximum atomic E-state index is 11.8. The number of nitrogens with zero attached hydrogens (tertiary/aromatic N) is 3. The standard InChI is InChI=1S/C13H20N4O2S/c18-20(19,11-4-5-11)15-10-12-14-7-6-13(16-12)17-8-2-1-3-9-17/h6-7,11,15H,1-5,8-10H2. The number of anilines is 1. The second kappa shape index (κ2) is 5.65. The van der Waals surface area contributed by atoms with Crippen LogP contribution in [0.25, 0.3) is 0 Å². The molecule has 2 aliphatic rings. The van der Waals surface area contributed by atoms with E-state index in [9.17, 15) is 8.42 Å². The summed E-state index contributed by atoms with van der Waals surface area (Å²) in [7, 11) is -3.17. The van der Waals surface area contributed by atoms with Crippen LogP contribution in [0.1, 0.15) is 37.9 Å². The van der Waals surface area contributed by atoms with Gasteiger partial charge in [0, 0.05) is 19.3 Å². The van der Waals surface area contributed by atoms with E-state index in [0.717, 1.165) is 31.7 Å². The second-order valence-electron chi connectivity index (χ2n) is 5.44. The molecule has 1 N–H and O–H groups in total. The first-order chi connectivity index (χ1) is 9.65. The minimum atomic E-state index is -3.17. The molecule has 0 atom stereocenters. The third kappa shape index (κ3) is 3.27. The summed E-state index contributed by atoms with van der Waals surface area (Å²) >= 11 is 0. The van der Waals surface area contributed by atoms with Crippen molar-refractivity contribution in [1.29, 1.82) is 0 Å². The number of nitrogens with one attached hydrogen (secondary N) is 1. The van der Waals surface area contributed by atoms with Gasteiger partial charge in [-0.15, -0.1) is 0 Å². The van der Waals surface area contributed by atoms with Crippen molar-refractivity contribution < 1.29 is 8.42 Å². The van der Waals surface area contributed by atoms with E-state index in [2.05, 4.69) is 19.6 Å². The molecule has 3 rings (SSSR count).